The van der Waals surface area contributed by atoms with E-state index in [1.54, 1.807) is 24.3 Å². The third-order valence-corrected chi connectivity index (χ3v) is 8.05. The Kier molecular flexibility index (Phi) is 11.3. The molecule has 1 N–H and O–H groups in total. The van der Waals surface area contributed by atoms with E-state index in [4.69, 9.17) is 4.74 Å². The second kappa shape index (κ2) is 14.7. The van der Waals surface area contributed by atoms with E-state index < -0.39 is 28.5 Å². The maximum atomic E-state index is 13.8. The van der Waals surface area contributed by atoms with Crippen LogP contribution >= 0.6 is 0 Å². The van der Waals surface area contributed by atoms with Crippen LogP contribution in [0.15, 0.2) is 78.9 Å². The zero-order chi connectivity index (χ0) is 30.0. The van der Waals surface area contributed by atoms with Gasteiger partial charge in [-0.1, -0.05) is 74.0 Å². The number of hydrogen-bond donors (Lipinski definition) is 1. The largest absolute Gasteiger partial charge is 0.489 e. The van der Waals surface area contributed by atoms with Crippen molar-refractivity contribution < 1.29 is 22.7 Å². The predicted molar refractivity (Wildman–Crippen MR) is 163 cm³/mol. The first-order valence-corrected chi connectivity index (χ1v) is 15.8. The van der Waals surface area contributed by atoms with Crippen LogP contribution in [-0.2, 0) is 32.8 Å². The summed E-state index contributed by atoms with van der Waals surface area (Å²) in [6, 6.07) is 23.2. The van der Waals surface area contributed by atoms with E-state index in [2.05, 4.69) is 5.32 Å². The Morgan fingerprint density at radius 3 is 2.07 bits per heavy atom. The molecule has 0 saturated carbocycles. The first-order valence-electron chi connectivity index (χ1n) is 13.9. The number of nitrogens with zero attached hydrogens (tertiary/aromatic N) is 2. The molecule has 0 spiro atoms. The number of aryl methyl sites for hydroxylation is 1. The summed E-state index contributed by atoms with van der Waals surface area (Å²) in [5.41, 5.74) is 3.27. The molecule has 0 aliphatic heterocycles. The molecule has 0 unspecified atom stereocenters. The van der Waals surface area contributed by atoms with E-state index in [0.29, 0.717) is 24.5 Å². The molecule has 3 aromatic rings. The van der Waals surface area contributed by atoms with Gasteiger partial charge >= 0.3 is 0 Å². The summed E-state index contributed by atoms with van der Waals surface area (Å²) in [4.78, 5) is 28.6. The van der Waals surface area contributed by atoms with Crippen LogP contribution in [0, 0.1) is 6.92 Å². The molecular weight excluding hydrogens is 538 g/mol. The summed E-state index contributed by atoms with van der Waals surface area (Å²) in [6.07, 6.45) is 2.20. The highest BCUT2D eigenvalue weighted by Crippen LogP contribution is 2.23. The molecule has 0 bridgehead atoms. The van der Waals surface area contributed by atoms with Gasteiger partial charge < -0.3 is 15.0 Å². The quantitative estimate of drug-likeness (QED) is 0.288. The molecule has 0 aliphatic rings. The molecule has 41 heavy (non-hydrogen) atoms. The average molecular weight is 580 g/mol. The second-order valence-electron chi connectivity index (χ2n) is 10.3. The lowest BCUT2D eigenvalue weighted by Crippen LogP contribution is -2.53. The minimum Gasteiger partial charge on any atom is -0.489 e. The zero-order valence-corrected chi connectivity index (χ0v) is 25.4. The number of nitrogens with one attached hydrogen (secondary N) is 1. The molecule has 2 amide bonds. The van der Waals surface area contributed by atoms with Crippen LogP contribution in [0.4, 0.5) is 5.69 Å². The molecule has 9 heteroatoms. The molecule has 0 radical (unpaired) electrons. The van der Waals surface area contributed by atoms with Crippen molar-refractivity contribution in [2.24, 2.45) is 0 Å². The number of benzene rings is 3. The van der Waals surface area contributed by atoms with Gasteiger partial charge in [-0.2, -0.15) is 0 Å². The van der Waals surface area contributed by atoms with Gasteiger partial charge in [0.25, 0.3) is 0 Å². The lowest BCUT2D eigenvalue weighted by atomic mass is 10.1. The fourth-order valence-corrected chi connectivity index (χ4v) is 5.16. The molecule has 3 aromatic carbocycles. The maximum Gasteiger partial charge on any atom is 0.244 e. The molecule has 8 nitrogen and oxygen atoms in total. The van der Waals surface area contributed by atoms with Crippen molar-refractivity contribution >= 4 is 27.5 Å². The lowest BCUT2D eigenvalue weighted by Gasteiger charge is -2.33. The Bertz CT molecular complexity index is 1380. The maximum absolute atomic E-state index is 13.8. The van der Waals surface area contributed by atoms with Crippen LogP contribution in [0.2, 0.25) is 0 Å². The highest BCUT2D eigenvalue weighted by molar-refractivity contribution is 7.92. The second-order valence-corrected chi connectivity index (χ2v) is 12.2. The van der Waals surface area contributed by atoms with E-state index in [1.807, 2.05) is 82.3 Å². The third kappa shape index (κ3) is 9.35. The highest BCUT2D eigenvalue weighted by Gasteiger charge is 2.32. The van der Waals surface area contributed by atoms with E-state index >= 15 is 0 Å². The number of carbonyl (C=O) groups excluding carboxylic acids is 2. The molecule has 0 aromatic heterocycles. The Labute approximate surface area is 244 Å². The van der Waals surface area contributed by atoms with Gasteiger partial charge in [-0.15, -0.1) is 0 Å². The van der Waals surface area contributed by atoms with E-state index in [-0.39, 0.29) is 18.5 Å². The standard InChI is InChI=1S/C32H41N3O5S/c1-6-25(4)33-32(37)30(7-2)34(21-26-15-13-24(3)14-16-26)31(36)22-35(41(5,38)39)28-17-19-29(20-18-28)40-23-27-11-9-8-10-12-27/h8-20,25,30H,6-7,21-23H2,1-5H3,(H,33,37)/t25-,30-/m0/s1. The molecule has 0 saturated heterocycles. The fraction of sp³-hybridized carbons (Fsp3) is 0.375. The van der Waals surface area contributed by atoms with Crippen molar-refractivity contribution in [3.8, 4) is 5.75 Å². The Hall–Kier alpha value is -3.85. The van der Waals surface area contributed by atoms with Crippen LogP contribution in [0.3, 0.4) is 0 Å². The van der Waals surface area contributed by atoms with Gasteiger partial charge in [0.1, 0.15) is 24.9 Å². The summed E-state index contributed by atoms with van der Waals surface area (Å²) < 4.78 is 32.7. The first-order chi connectivity index (χ1) is 19.5. The molecule has 220 valence electrons. The molecule has 0 heterocycles. The molecular formula is C32H41N3O5S. The van der Waals surface area contributed by atoms with Gasteiger partial charge in [-0.3, -0.25) is 13.9 Å². The molecule has 3 rings (SSSR count). The SMILES string of the molecule is CC[C@H](C)NC(=O)[C@H](CC)N(Cc1ccc(C)cc1)C(=O)CN(c1ccc(OCc2ccccc2)cc1)S(C)(=O)=O. The molecule has 2 atom stereocenters. The summed E-state index contributed by atoms with van der Waals surface area (Å²) in [5, 5.41) is 2.98. The Morgan fingerprint density at radius 2 is 1.51 bits per heavy atom. The number of amides is 2. The summed E-state index contributed by atoms with van der Waals surface area (Å²) in [5.74, 6) is -0.147. The van der Waals surface area contributed by atoms with Gasteiger partial charge in [0.05, 0.1) is 11.9 Å². The van der Waals surface area contributed by atoms with Crippen molar-refractivity contribution in [1.82, 2.24) is 10.2 Å². The number of carbonyl (C=O) groups is 2. The van der Waals surface area contributed by atoms with Crippen LogP contribution in [0.25, 0.3) is 0 Å². The lowest BCUT2D eigenvalue weighted by molar-refractivity contribution is -0.140. The summed E-state index contributed by atoms with van der Waals surface area (Å²) in [7, 11) is -3.82. The summed E-state index contributed by atoms with van der Waals surface area (Å²) in [6.45, 7) is 7.82. The summed E-state index contributed by atoms with van der Waals surface area (Å²) >= 11 is 0. The average Bonchev–Trinajstić information content (AvgIpc) is 2.95. The van der Waals surface area contributed by atoms with Crippen molar-refractivity contribution in [1.29, 1.82) is 0 Å². The third-order valence-electron chi connectivity index (χ3n) is 6.91. The molecule has 0 aliphatic carbocycles. The monoisotopic (exact) mass is 579 g/mol. The number of sulfonamides is 1. The van der Waals surface area contributed by atoms with E-state index in [9.17, 15) is 18.0 Å². The predicted octanol–water partition coefficient (Wildman–Crippen LogP) is 5.06. The number of hydrogen-bond acceptors (Lipinski definition) is 5. The minimum atomic E-state index is -3.82. The van der Waals surface area contributed by atoms with Crippen LogP contribution < -0.4 is 14.4 Å². The van der Waals surface area contributed by atoms with E-state index in [0.717, 1.165) is 33.7 Å². The fourth-order valence-electron chi connectivity index (χ4n) is 4.31. The van der Waals surface area contributed by atoms with Gasteiger partial charge in [-0.05, 0) is 62.1 Å². The van der Waals surface area contributed by atoms with Crippen LogP contribution in [-0.4, -0.2) is 50.0 Å². The number of anilines is 1. The van der Waals surface area contributed by atoms with Crippen molar-refractivity contribution in [3.63, 3.8) is 0 Å². The number of ether oxygens (including phenoxy) is 1. The normalized spacial score (nSPS) is 12.7. The smallest absolute Gasteiger partial charge is 0.244 e. The topological polar surface area (TPSA) is 96.0 Å². The van der Waals surface area contributed by atoms with Gasteiger partial charge in [0.15, 0.2) is 0 Å². The first kappa shape index (κ1) is 31.7. The van der Waals surface area contributed by atoms with Crippen molar-refractivity contribution in [3.05, 3.63) is 95.6 Å². The van der Waals surface area contributed by atoms with E-state index in [1.165, 1.54) is 4.90 Å². The van der Waals surface area contributed by atoms with Gasteiger partial charge in [0.2, 0.25) is 21.8 Å². The van der Waals surface area contributed by atoms with Crippen molar-refractivity contribution in [2.45, 2.75) is 65.8 Å². The zero-order valence-electron chi connectivity index (χ0n) is 24.5. The number of rotatable bonds is 14. The van der Waals surface area contributed by atoms with Crippen LogP contribution in [0.5, 0.6) is 5.75 Å². The van der Waals surface area contributed by atoms with Crippen molar-refractivity contribution in [2.75, 3.05) is 17.1 Å². The molecule has 0 fully saturated rings. The van der Waals surface area contributed by atoms with Crippen LogP contribution in [0.1, 0.15) is 50.3 Å². The van der Waals surface area contributed by atoms with Gasteiger partial charge in [0, 0.05) is 12.6 Å². The Morgan fingerprint density at radius 1 is 0.878 bits per heavy atom. The Balaban J connectivity index is 1.85. The highest BCUT2D eigenvalue weighted by atomic mass is 32.2. The minimum absolute atomic E-state index is 0.0528. The van der Waals surface area contributed by atoms with Gasteiger partial charge in [-0.25, -0.2) is 8.42 Å².